The maximum atomic E-state index is 12.9. The Bertz CT molecular complexity index is 894. The van der Waals surface area contributed by atoms with Crippen LogP contribution in [0.25, 0.3) is 0 Å². The number of Topliss-reactive ketones (excluding diaryl/α,β-unsaturated/α-hetero) is 1. The number of amides is 2. The fraction of sp³-hybridized carbons (Fsp3) is 0.286. The zero-order valence-electron chi connectivity index (χ0n) is 15.0. The van der Waals surface area contributed by atoms with E-state index in [4.69, 9.17) is 16.3 Å². The number of methoxy groups -OCH3 is 1. The van der Waals surface area contributed by atoms with Crippen molar-refractivity contribution < 1.29 is 19.1 Å². The van der Waals surface area contributed by atoms with E-state index in [0.717, 1.165) is 5.56 Å². The van der Waals surface area contributed by atoms with Gasteiger partial charge in [0, 0.05) is 35.5 Å². The van der Waals surface area contributed by atoms with Crippen molar-refractivity contribution in [3.63, 3.8) is 0 Å². The summed E-state index contributed by atoms with van der Waals surface area (Å²) in [4.78, 5) is 39.3. The summed E-state index contributed by atoms with van der Waals surface area (Å²) >= 11 is 6.04. The Balaban J connectivity index is 1.85. The highest BCUT2D eigenvalue weighted by Crippen LogP contribution is 2.22. The highest BCUT2D eigenvalue weighted by molar-refractivity contribution is 6.30. The topological polar surface area (TPSA) is 63.7 Å². The van der Waals surface area contributed by atoms with Gasteiger partial charge in [-0.2, -0.15) is 0 Å². The first kappa shape index (κ1) is 19.1. The van der Waals surface area contributed by atoms with Crippen LogP contribution >= 0.6 is 11.6 Å². The second kappa shape index (κ2) is 8.35. The van der Waals surface area contributed by atoms with E-state index in [2.05, 4.69) is 0 Å². The molecule has 1 heterocycles. The number of carbonyl (C=O) groups excluding carboxylic acids is 3. The lowest BCUT2D eigenvalue weighted by atomic mass is 9.96. The molecule has 0 radical (unpaired) electrons. The van der Waals surface area contributed by atoms with Crippen molar-refractivity contribution in [2.45, 2.75) is 25.7 Å². The molecular formula is C21H20ClNO4. The number of benzene rings is 2. The van der Waals surface area contributed by atoms with Crippen LogP contribution in [0.15, 0.2) is 42.5 Å². The molecule has 0 saturated heterocycles. The molecule has 0 aromatic heterocycles. The van der Waals surface area contributed by atoms with E-state index in [0.29, 0.717) is 34.7 Å². The van der Waals surface area contributed by atoms with Crippen LogP contribution in [0.2, 0.25) is 5.02 Å². The van der Waals surface area contributed by atoms with E-state index < -0.39 is 0 Å². The van der Waals surface area contributed by atoms with Crippen LogP contribution in [0.4, 0.5) is 0 Å². The van der Waals surface area contributed by atoms with Crippen LogP contribution in [-0.4, -0.2) is 36.2 Å². The molecule has 5 nitrogen and oxygen atoms in total. The second-order valence-corrected chi connectivity index (χ2v) is 6.85. The molecule has 0 bridgehead atoms. The van der Waals surface area contributed by atoms with Crippen molar-refractivity contribution in [1.82, 2.24) is 4.90 Å². The standard InChI is InChI=1S/C21H20ClNO4/c1-27-17-5-2-4-15(13-17)21(26)23-11-3-6-19(24)18-9-8-16(22)12-14(18)7-10-20(23)25/h2,4-5,8-9,12-13H,3,6-7,10-11H2,1H3. The Kier molecular flexibility index (Phi) is 5.91. The summed E-state index contributed by atoms with van der Waals surface area (Å²) in [7, 11) is 1.52. The molecule has 2 aromatic carbocycles. The zero-order chi connectivity index (χ0) is 19.4. The normalized spacial score (nSPS) is 15.3. The third-order valence-electron chi connectivity index (χ3n) is 4.62. The predicted octanol–water partition coefficient (Wildman–Crippen LogP) is 3.93. The summed E-state index contributed by atoms with van der Waals surface area (Å²) in [5.74, 6) is -0.0840. The Morgan fingerprint density at radius 1 is 1.07 bits per heavy atom. The highest BCUT2D eigenvalue weighted by Gasteiger charge is 2.25. The number of ketones is 1. The van der Waals surface area contributed by atoms with Gasteiger partial charge in [0.05, 0.1) is 7.11 Å². The van der Waals surface area contributed by atoms with Gasteiger partial charge in [0.25, 0.3) is 5.91 Å². The van der Waals surface area contributed by atoms with Crippen molar-refractivity contribution in [2.24, 2.45) is 0 Å². The summed E-state index contributed by atoms with van der Waals surface area (Å²) in [6.07, 6.45) is 1.19. The number of hydrogen-bond donors (Lipinski definition) is 0. The lowest BCUT2D eigenvalue weighted by Crippen LogP contribution is -2.38. The number of ether oxygens (including phenoxy) is 1. The van der Waals surface area contributed by atoms with Crippen LogP contribution < -0.4 is 4.74 Å². The highest BCUT2D eigenvalue weighted by atomic mass is 35.5. The van der Waals surface area contributed by atoms with Gasteiger partial charge in [-0.1, -0.05) is 17.7 Å². The number of nitrogens with zero attached hydrogens (tertiary/aromatic N) is 1. The minimum Gasteiger partial charge on any atom is -0.497 e. The lowest BCUT2D eigenvalue weighted by Gasteiger charge is -2.23. The molecule has 6 heteroatoms. The SMILES string of the molecule is COc1cccc(C(=O)N2CCCC(=O)c3ccc(Cl)cc3CCC2=O)c1. The van der Waals surface area contributed by atoms with Gasteiger partial charge in [-0.25, -0.2) is 0 Å². The number of carbonyl (C=O) groups is 3. The van der Waals surface area contributed by atoms with Crippen LogP contribution in [0.5, 0.6) is 5.75 Å². The van der Waals surface area contributed by atoms with E-state index in [-0.39, 0.29) is 37.0 Å². The van der Waals surface area contributed by atoms with Crippen molar-refractivity contribution in [1.29, 1.82) is 0 Å². The first-order chi connectivity index (χ1) is 13.0. The average Bonchev–Trinajstić information content (AvgIpc) is 2.68. The molecule has 27 heavy (non-hydrogen) atoms. The van der Waals surface area contributed by atoms with Crippen molar-refractivity contribution in [2.75, 3.05) is 13.7 Å². The molecule has 140 valence electrons. The van der Waals surface area contributed by atoms with E-state index in [1.165, 1.54) is 12.0 Å². The minimum atomic E-state index is -0.377. The van der Waals surface area contributed by atoms with E-state index in [9.17, 15) is 14.4 Å². The monoisotopic (exact) mass is 385 g/mol. The molecule has 1 aliphatic heterocycles. The first-order valence-corrected chi connectivity index (χ1v) is 9.18. The van der Waals surface area contributed by atoms with Crippen LogP contribution in [0, 0.1) is 0 Å². The smallest absolute Gasteiger partial charge is 0.260 e. The maximum absolute atomic E-state index is 12.9. The number of fused-ring (bicyclic) bond motifs is 1. The van der Waals surface area contributed by atoms with Crippen molar-refractivity contribution in [3.05, 3.63) is 64.2 Å². The summed E-state index contributed by atoms with van der Waals surface area (Å²) in [5.41, 5.74) is 1.74. The van der Waals surface area contributed by atoms with E-state index in [1.807, 2.05) is 0 Å². The number of aryl methyl sites for hydroxylation is 1. The zero-order valence-corrected chi connectivity index (χ0v) is 15.8. The maximum Gasteiger partial charge on any atom is 0.260 e. The number of hydrogen-bond acceptors (Lipinski definition) is 4. The molecule has 0 unspecified atom stereocenters. The molecule has 0 aliphatic carbocycles. The summed E-state index contributed by atoms with van der Waals surface area (Å²) in [5, 5.41) is 0.523. The molecule has 1 aliphatic rings. The fourth-order valence-corrected chi connectivity index (χ4v) is 3.40. The molecule has 0 N–H and O–H groups in total. The van der Waals surface area contributed by atoms with Gasteiger partial charge in [-0.15, -0.1) is 0 Å². The van der Waals surface area contributed by atoms with Gasteiger partial charge in [-0.05, 0) is 54.8 Å². The Labute approximate surface area is 162 Å². The summed E-state index contributed by atoms with van der Waals surface area (Å²) < 4.78 is 5.15. The third kappa shape index (κ3) is 4.37. The van der Waals surface area contributed by atoms with Crippen LogP contribution in [0.3, 0.4) is 0 Å². The number of halogens is 1. The van der Waals surface area contributed by atoms with Gasteiger partial charge in [0.15, 0.2) is 5.78 Å². The van der Waals surface area contributed by atoms with Gasteiger partial charge < -0.3 is 4.74 Å². The molecule has 0 spiro atoms. The number of rotatable bonds is 2. The fourth-order valence-electron chi connectivity index (χ4n) is 3.20. The molecule has 2 amide bonds. The predicted molar refractivity (Wildman–Crippen MR) is 102 cm³/mol. The van der Waals surface area contributed by atoms with Crippen molar-refractivity contribution in [3.8, 4) is 5.75 Å². The summed E-state index contributed by atoms with van der Waals surface area (Å²) in [6.45, 7) is 0.212. The molecular weight excluding hydrogens is 366 g/mol. The largest absolute Gasteiger partial charge is 0.497 e. The van der Waals surface area contributed by atoms with Gasteiger partial charge in [0.1, 0.15) is 5.75 Å². The minimum absolute atomic E-state index is 0.00444. The molecule has 3 rings (SSSR count). The molecule has 0 saturated carbocycles. The second-order valence-electron chi connectivity index (χ2n) is 6.41. The Morgan fingerprint density at radius 2 is 1.89 bits per heavy atom. The third-order valence-corrected chi connectivity index (χ3v) is 4.86. The van der Waals surface area contributed by atoms with Crippen molar-refractivity contribution >= 4 is 29.2 Å². The molecule has 0 atom stereocenters. The molecule has 0 fully saturated rings. The van der Waals surface area contributed by atoms with Crippen LogP contribution in [-0.2, 0) is 11.2 Å². The van der Waals surface area contributed by atoms with Gasteiger partial charge in [0.2, 0.25) is 5.91 Å². The quantitative estimate of drug-likeness (QED) is 0.735. The Morgan fingerprint density at radius 3 is 2.67 bits per heavy atom. The van der Waals surface area contributed by atoms with Crippen LogP contribution in [0.1, 0.15) is 45.5 Å². The van der Waals surface area contributed by atoms with E-state index >= 15 is 0 Å². The summed E-state index contributed by atoms with van der Waals surface area (Å²) in [6, 6.07) is 11.8. The van der Waals surface area contributed by atoms with Gasteiger partial charge >= 0.3 is 0 Å². The Hall–Kier alpha value is -2.66. The van der Waals surface area contributed by atoms with E-state index in [1.54, 1.807) is 42.5 Å². The number of imide groups is 1. The average molecular weight is 386 g/mol. The lowest BCUT2D eigenvalue weighted by molar-refractivity contribution is -0.128. The van der Waals surface area contributed by atoms with Gasteiger partial charge in [-0.3, -0.25) is 19.3 Å². The molecule has 2 aromatic rings. The first-order valence-electron chi connectivity index (χ1n) is 8.80.